The molecule has 0 unspecified atom stereocenters. The van der Waals surface area contributed by atoms with E-state index in [9.17, 15) is 4.79 Å². The third-order valence-electron chi connectivity index (χ3n) is 4.40. The van der Waals surface area contributed by atoms with E-state index in [1.54, 1.807) is 36.7 Å². The van der Waals surface area contributed by atoms with Gasteiger partial charge in [0.05, 0.1) is 13.2 Å². The summed E-state index contributed by atoms with van der Waals surface area (Å²) in [4.78, 5) is 21.4. The number of amides is 1. The summed E-state index contributed by atoms with van der Waals surface area (Å²) < 4.78 is 5.44. The SMILES string of the molecule is CCOc1ccc(C(=O)NC(=NCc2cccnc2)Nc2cccc(CC)c2)cc1. The molecule has 154 valence electrons. The smallest absolute Gasteiger partial charge is 0.257 e. The van der Waals surface area contributed by atoms with E-state index in [4.69, 9.17) is 4.74 Å². The molecule has 0 saturated heterocycles. The molecule has 0 bridgehead atoms. The van der Waals surface area contributed by atoms with E-state index >= 15 is 0 Å². The molecular formula is C24H26N4O2. The molecule has 0 atom stereocenters. The van der Waals surface area contributed by atoms with Crippen molar-refractivity contribution < 1.29 is 9.53 Å². The van der Waals surface area contributed by atoms with Crippen LogP contribution in [0.1, 0.15) is 35.3 Å². The molecule has 30 heavy (non-hydrogen) atoms. The number of aromatic nitrogens is 1. The first-order valence-corrected chi connectivity index (χ1v) is 10.0. The minimum atomic E-state index is -0.248. The number of rotatable bonds is 7. The Balaban J connectivity index is 1.77. The van der Waals surface area contributed by atoms with Gasteiger partial charge in [-0.25, -0.2) is 4.99 Å². The molecule has 6 heteroatoms. The molecule has 3 rings (SSSR count). The summed E-state index contributed by atoms with van der Waals surface area (Å²) in [5.74, 6) is 0.863. The summed E-state index contributed by atoms with van der Waals surface area (Å²) in [6, 6.07) is 18.9. The predicted molar refractivity (Wildman–Crippen MR) is 120 cm³/mol. The van der Waals surface area contributed by atoms with Gasteiger partial charge in [0.15, 0.2) is 0 Å². The molecule has 1 heterocycles. The maximum atomic E-state index is 12.8. The zero-order chi connectivity index (χ0) is 21.2. The first-order valence-electron chi connectivity index (χ1n) is 10.0. The van der Waals surface area contributed by atoms with Crippen LogP contribution in [0.4, 0.5) is 5.69 Å². The monoisotopic (exact) mass is 402 g/mol. The van der Waals surface area contributed by atoms with Crippen LogP contribution < -0.4 is 15.4 Å². The zero-order valence-electron chi connectivity index (χ0n) is 17.3. The lowest BCUT2D eigenvalue weighted by Crippen LogP contribution is -2.36. The van der Waals surface area contributed by atoms with Crippen LogP contribution in [-0.2, 0) is 13.0 Å². The summed E-state index contributed by atoms with van der Waals surface area (Å²) in [6.07, 6.45) is 4.40. The molecule has 0 aliphatic heterocycles. The van der Waals surface area contributed by atoms with Gasteiger partial charge in [-0.15, -0.1) is 0 Å². The van der Waals surface area contributed by atoms with Crippen LogP contribution in [0.25, 0.3) is 0 Å². The molecular weight excluding hydrogens is 376 g/mol. The quantitative estimate of drug-likeness (QED) is 0.452. The van der Waals surface area contributed by atoms with E-state index < -0.39 is 0 Å². The van der Waals surface area contributed by atoms with Crippen LogP contribution in [0.2, 0.25) is 0 Å². The second-order valence-corrected chi connectivity index (χ2v) is 6.62. The lowest BCUT2D eigenvalue weighted by molar-refractivity contribution is 0.0977. The minimum Gasteiger partial charge on any atom is -0.494 e. The van der Waals surface area contributed by atoms with Gasteiger partial charge in [-0.05, 0) is 66.9 Å². The van der Waals surface area contributed by atoms with Crippen LogP contribution in [0, 0.1) is 0 Å². The number of nitrogens with zero attached hydrogens (tertiary/aromatic N) is 2. The molecule has 3 aromatic rings. The second-order valence-electron chi connectivity index (χ2n) is 6.62. The first-order chi connectivity index (χ1) is 14.7. The lowest BCUT2D eigenvalue weighted by atomic mass is 10.1. The average Bonchev–Trinajstić information content (AvgIpc) is 2.79. The molecule has 0 aliphatic carbocycles. The Kier molecular flexibility index (Phi) is 7.55. The molecule has 2 N–H and O–H groups in total. The molecule has 0 radical (unpaired) electrons. The molecule has 0 fully saturated rings. The van der Waals surface area contributed by atoms with Crippen molar-refractivity contribution >= 4 is 17.6 Å². The van der Waals surface area contributed by atoms with E-state index in [0.29, 0.717) is 24.7 Å². The van der Waals surface area contributed by atoms with Gasteiger partial charge >= 0.3 is 0 Å². The topological polar surface area (TPSA) is 75.6 Å². The number of hydrogen-bond acceptors (Lipinski definition) is 4. The number of guanidine groups is 1. The van der Waals surface area contributed by atoms with Crippen molar-refractivity contribution in [1.82, 2.24) is 10.3 Å². The standard InChI is InChI=1S/C24H26N4O2/c1-3-18-7-5-9-21(15-18)27-24(26-17-19-8-6-14-25-16-19)28-23(29)20-10-12-22(13-11-20)30-4-2/h5-16H,3-4,17H2,1-2H3,(H2,26,27,28,29). The lowest BCUT2D eigenvalue weighted by Gasteiger charge is -2.13. The van der Waals surface area contributed by atoms with Gasteiger partial charge in [-0.3, -0.25) is 15.1 Å². The molecule has 6 nitrogen and oxygen atoms in total. The van der Waals surface area contributed by atoms with Crippen molar-refractivity contribution in [3.8, 4) is 5.75 Å². The summed E-state index contributed by atoms with van der Waals surface area (Å²) >= 11 is 0. The van der Waals surface area contributed by atoms with Gasteiger partial charge in [0.25, 0.3) is 5.91 Å². The zero-order valence-corrected chi connectivity index (χ0v) is 17.3. The molecule has 2 aromatic carbocycles. The Labute approximate surface area is 177 Å². The second kappa shape index (κ2) is 10.8. The fourth-order valence-corrected chi connectivity index (χ4v) is 2.83. The van der Waals surface area contributed by atoms with E-state index in [0.717, 1.165) is 23.4 Å². The Hall–Kier alpha value is -3.67. The third kappa shape index (κ3) is 6.17. The third-order valence-corrected chi connectivity index (χ3v) is 4.40. The van der Waals surface area contributed by atoms with E-state index in [-0.39, 0.29) is 5.91 Å². The van der Waals surface area contributed by atoms with Crippen LogP contribution in [-0.4, -0.2) is 23.5 Å². The number of aryl methyl sites for hydroxylation is 1. The van der Waals surface area contributed by atoms with E-state index in [1.807, 2.05) is 37.3 Å². The highest BCUT2D eigenvalue weighted by atomic mass is 16.5. The van der Waals surface area contributed by atoms with Gasteiger partial charge < -0.3 is 10.1 Å². The number of benzene rings is 2. The van der Waals surface area contributed by atoms with Crippen molar-refractivity contribution in [2.24, 2.45) is 4.99 Å². The highest BCUT2D eigenvalue weighted by Gasteiger charge is 2.10. The highest BCUT2D eigenvalue weighted by molar-refractivity contribution is 6.10. The largest absolute Gasteiger partial charge is 0.494 e. The Morgan fingerprint density at radius 3 is 2.53 bits per heavy atom. The number of hydrogen-bond donors (Lipinski definition) is 2. The van der Waals surface area contributed by atoms with E-state index in [2.05, 4.69) is 33.6 Å². The Morgan fingerprint density at radius 1 is 1.03 bits per heavy atom. The molecule has 1 aromatic heterocycles. The summed E-state index contributed by atoms with van der Waals surface area (Å²) in [6.45, 7) is 5.00. The van der Waals surface area contributed by atoms with Gasteiger partial charge in [0.2, 0.25) is 5.96 Å². The van der Waals surface area contributed by atoms with Crippen molar-refractivity contribution in [3.05, 3.63) is 89.7 Å². The summed E-state index contributed by atoms with van der Waals surface area (Å²) in [5.41, 5.74) is 3.54. The van der Waals surface area contributed by atoms with E-state index in [1.165, 1.54) is 5.56 Å². The number of nitrogens with one attached hydrogen (secondary N) is 2. The Bertz CT molecular complexity index is 986. The molecule has 0 saturated carbocycles. The van der Waals surface area contributed by atoms with Crippen molar-refractivity contribution in [2.45, 2.75) is 26.8 Å². The fourth-order valence-electron chi connectivity index (χ4n) is 2.83. The van der Waals surface area contributed by atoms with Gasteiger partial charge in [0.1, 0.15) is 5.75 Å². The van der Waals surface area contributed by atoms with Crippen molar-refractivity contribution in [1.29, 1.82) is 0 Å². The Morgan fingerprint density at radius 2 is 1.83 bits per heavy atom. The number of anilines is 1. The average molecular weight is 402 g/mol. The van der Waals surface area contributed by atoms with Crippen LogP contribution in [0.15, 0.2) is 78.0 Å². The number of ether oxygens (including phenoxy) is 1. The first kappa shape index (κ1) is 21.0. The molecule has 0 spiro atoms. The van der Waals surface area contributed by atoms with Crippen molar-refractivity contribution in [3.63, 3.8) is 0 Å². The van der Waals surface area contributed by atoms with Crippen LogP contribution >= 0.6 is 0 Å². The summed E-state index contributed by atoms with van der Waals surface area (Å²) in [5, 5.41) is 6.11. The normalized spacial score (nSPS) is 11.1. The minimum absolute atomic E-state index is 0.248. The number of carbonyl (C=O) groups is 1. The maximum absolute atomic E-state index is 12.8. The number of pyridine rings is 1. The molecule has 1 amide bonds. The van der Waals surface area contributed by atoms with Crippen LogP contribution in [0.5, 0.6) is 5.75 Å². The predicted octanol–water partition coefficient (Wildman–Crippen LogP) is 4.44. The number of aliphatic imine (C=N–C) groups is 1. The molecule has 0 aliphatic rings. The number of carbonyl (C=O) groups excluding carboxylic acids is 1. The van der Waals surface area contributed by atoms with Gasteiger partial charge in [-0.2, -0.15) is 0 Å². The maximum Gasteiger partial charge on any atom is 0.257 e. The fraction of sp³-hybridized carbons (Fsp3) is 0.208. The summed E-state index contributed by atoms with van der Waals surface area (Å²) in [7, 11) is 0. The van der Waals surface area contributed by atoms with Crippen LogP contribution in [0.3, 0.4) is 0 Å². The van der Waals surface area contributed by atoms with Crippen molar-refractivity contribution in [2.75, 3.05) is 11.9 Å². The van der Waals surface area contributed by atoms with Gasteiger partial charge in [0, 0.05) is 23.6 Å². The highest BCUT2D eigenvalue weighted by Crippen LogP contribution is 2.13. The van der Waals surface area contributed by atoms with Gasteiger partial charge in [-0.1, -0.05) is 25.1 Å².